The van der Waals surface area contributed by atoms with E-state index >= 15 is 0 Å². The summed E-state index contributed by atoms with van der Waals surface area (Å²) in [5.74, 6) is -0.153. The van der Waals surface area contributed by atoms with Crippen LogP contribution in [0.4, 0.5) is 10.5 Å². The zero-order valence-corrected chi connectivity index (χ0v) is 13.2. The van der Waals surface area contributed by atoms with Crippen LogP contribution in [0.15, 0.2) is 24.3 Å². The fraction of sp³-hybridized carbons (Fsp3) is 0.529. The normalized spacial score (nSPS) is 28.7. The molecule has 2 fully saturated rings. The van der Waals surface area contributed by atoms with E-state index < -0.39 is 6.09 Å². The zero-order valence-electron chi connectivity index (χ0n) is 13.2. The van der Waals surface area contributed by atoms with Crippen LogP contribution in [0.25, 0.3) is 0 Å². The van der Waals surface area contributed by atoms with Crippen molar-refractivity contribution in [3.05, 3.63) is 29.8 Å². The lowest BCUT2D eigenvalue weighted by atomic mass is 9.75. The summed E-state index contributed by atoms with van der Waals surface area (Å²) in [6, 6.07) is 8.29. The first-order chi connectivity index (χ1) is 11.1. The Hall–Kier alpha value is -2.08. The predicted octanol–water partition coefficient (Wildman–Crippen LogP) is 1.88. The first-order valence-electron chi connectivity index (χ1n) is 8.04. The van der Waals surface area contributed by atoms with Gasteiger partial charge < -0.3 is 14.4 Å². The van der Waals surface area contributed by atoms with Crippen molar-refractivity contribution in [3.8, 4) is 0 Å². The van der Waals surface area contributed by atoms with E-state index in [9.17, 15) is 9.59 Å². The predicted molar refractivity (Wildman–Crippen MR) is 83.2 cm³/mol. The number of amides is 2. The number of carbonyl (C=O) groups is 2. The average molecular weight is 316 g/mol. The van der Waals surface area contributed by atoms with Gasteiger partial charge in [-0.3, -0.25) is 4.79 Å². The van der Waals surface area contributed by atoms with Crippen LogP contribution in [0.2, 0.25) is 0 Å². The number of fused-ring (bicyclic) bond motifs is 3. The molecule has 1 aromatic rings. The minimum Gasteiger partial charge on any atom is -0.447 e. The summed E-state index contributed by atoms with van der Waals surface area (Å²) in [5, 5.41) is 0. The van der Waals surface area contributed by atoms with Gasteiger partial charge in [0.2, 0.25) is 5.91 Å². The number of imide groups is 1. The highest BCUT2D eigenvalue weighted by molar-refractivity contribution is 5.93. The lowest BCUT2D eigenvalue weighted by Crippen LogP contribution is -2.41. The van der Waals surface area contributed by atoms with Gasteiger partial charge in [-0.15, -0.1) is 0 Å². The molecule has 0 aliphatic carbocycles. The Morgan fingerprint density at radius 3 is 2.96 bits per heavy atom. The summed E-state index contributed by atoms with van der Waals surface area (Å²) in [7, 11) is 2.04. The molecule has 0 saturated carbocycles. The second-order valence-corrected chi connectivity index (χ2v) is 6.42. The highest BCUT2D eigenvalue weighted by Gasteiger charge is 2.53. The van der Waals surface area contributed by atoms with E-state index in [0.29, 0.717) is 32.6 Å². The molecular weight excluding hydrogens is 296 g/mol. The van der Waals surface area contributed by atoms with Gasteiger partial charge in [-0.1, -0.05) is 18.2 Å². The number of cyclic esters (lactones) is 1. The van der Waals surface area contributed by atoms with E-state index in [0.717, 1.165) is 6.42 Å². The second kappa shape index (κ2) is 5.23. The lowest BCUT2D eigenvalue weighted by Gasteiger charge is -2.30. The number of carbonyl (C=O) groups excluding carboxylic acids is 2. The van der Waals surface area contributed by atoms with Gasteiger partial charge in [-0.05, 0) is 24.5 Å². The van der Waals surface area contributed by atoms with Crippen molar-refractivity contribution in [2.24, 2.45) is 0 Å². The molecule has 3 aliphatic heterocycles. The molecule has 3 heterocycles. The number of rotatable bonds is 3. The van der Waals surface area contributed by atoms with Crippen LogP contribution >= 0.6 is 0 Å². The minimum atomic E-state index is -0.518. The Balaban J connectivity index is 1.57. The molecule has 2 amide bonds. The van der Waals surface area contributed by atoms with Gasteiger partial charge in [0.15, 0.2) is 0 Å². The van der Waals surface area contributed by atoms with Gasteiger partial charge in [-0.2, -0.15) is 0 Å². The van der Waals surface area contributed by atoms with Crippen molar-refractivity contribution in [1.82, 2.24) is 4.90 Å². The second-order valence-electron chi connectivity index (χ2n) is 6.42. The molecule has 2 saturated heterocycles. The molecule has 3 aliphatic rings. The zero-order chi connectivity index (χ0) is 16.0. The number of anilines is 1. The molecule has 4 rings (SSSR count). The largest absolute Gasteiger partial charge is 0.447 e. The van der Waals surface area contributed by atoms with Gasteiger partial charge in [-0.25, -0.2) is 9.69 Å². The quantitative estimate of drug-likeness (QED) is 0.852. The monoisotopic (exact) mass is 316 g/mol. The molecule has 0 bridgehead atoms. The third kappa shape index (κ3) is 2.05. The molecule has 122 valence electrons. The summed E-state index contributed by atoms with van der Waals surface area (Å²) in [6.07, 6.45) is 1.36. The molecule has 23 heavy (non-hydrogen) atoms. The highest BCUT2D eigenvalue weighted by atomic mass is 16.6. The number of hydrogen-bond acceptors (Lipinski definition) is 5. The summed E-state index contributed by atoms with van der Waals surface area (Å²) in [4.78, 5) is 27.3. The smallest absolute Gasteiger partial charge is 0.416 e. The van der Waals surface area contributed by atoms with Gasteiger partial charge in [0.25, 0.3) is 0 Å². The van der Waals surface area contributed by atoms with Gasteiger partial charge >= 0.3 is 6.09 Å². The fourth-order valence-corrected chi connectivity index (χ4v) is 4.18. The number of ether oxygens (including phenoxy) is 2. The summed E-state index contributed by atoms with van der Waals surface area (Å²) < 4.78 is 10.8. The van der Waals surface area contributed by atoms with Gasteiger partial charge in [0.05, 0.1) is 13.2 Å². The number of likely N-dealkylation sites (N-methyl/N-ethyl adjacent to an activating group) is 1. The van der Waals surface area contributed by atoms with E-state index in [1.54, 1.807) is 0 Å². The van der Waals surface area contributed by atoms with Gasteiger partial charge in [0.1, 0.15) is 12.8 Å². The maximum atomic E-state index is 12.4. The summed E-state index contributed by atoms with van der Waals surface area (Å²) >= 11 is 0. The Morgan fingerprint density at radius 2 is 2.17 bits per heavy atom. The van der Waals surface area contributed by atoms with Crippen molar-refractivity contribution >= 4 is 17.7 Å². The molecule has 0 N–H and O–H groups in total. The SMILES string of the molecule is CN1c2ccccc2C2(CCC(=O)N3CCOC3=O)CCOC12. The molecule has 1 aromatic carbocycles. The van der Waals surface area contributed by atoms with Crippen LogP contribution in [-0.4, -0.2) is 49.9 Å². The number of nitrogens with zero attached hydrogens (tertiary/aromatic N) is 2. The number of hydrogen-bond donors (Lipinski definition) is 0. The lowest BCUT2D eigenvalue weighted by molar-refractivity contribution is -0.128. The standard InChI is InChI=1S/C17H20N2O4/c1-18-13-5-3-2-4-12(13)17(8-10-22-15(17)18)7-6-14(20)19-9-11-23-16(19)21/h2-5,15H,6-11H2,1H3. The van der Waals surface area contributed by atoms with Crippen molar-refractivity contribution in [2.45, 2.75) is 30.9 Å². The maximum absolute atomic E-state index is 12.4. The van der Waals surface area contributed by atoms with E-state index in [4.69, 9.17) is 9.47 Å². The van der Waals surface area contributed by atoms with Gasteiger partial charge in [0, 0.05) is 24.6 Å². The van der Waals surface area contributed by atoms with Crippen molar-refractivity contribution in [1.29, 1.82) is 0 Å². The third-order valence-corrected chi connectivity index (χ3v) is 5.32. The first kappa shape index (κ1) is 14.5. The van der Waals surface area contributed by atoms with E-state index in [2.05, 4.69) is 17.0 Å². The van der Waals surface area contributed by atoms with Crippen LogP contribution in [0.3, 0.4) is 0 Å². The van der Waals surface area contributed by atoms with Crippen LogP contribution in [0.1, 0.15) is 24.8 Å². The summed E-state index contributed by atoms with van der Waals surface area (Å²) in [6.45, 7) is 1.36. The molecular formula is C17H20N2O4. The number of benzene rings is 1. The maximum Gasteiger partial charge on any atom is 0.416 e. The molecule has 2 unspecified atom stereocenters. The molecule has 0 radical (unpaired) electrons. The third-order valence-electron chi connectivity index (χ3n) is 5.32. The Kier molecular flexibility index (Phi) is 3.30. The van der Waals surface area contributed by atoms with Crippen molar-refractivity contribution < 1.29 is 19.1 Å². The molecule has 6 nitrogen and oxygen atoms in total. The van der Waals surface area contributed by atoms with E-state index in [1.807, 2.05) is 19.2 Å². The summed E-state index contributed by atoms with van der Waals surface area (Å²) in [5.41, 5.74) is 2.26. The molecule has 2 atom stereocenters. The highest BCUT2D eigenvalue weighted by Crippen LogP contribution is 2.52. The van der Waals surface area contributed by atoms with E-state index in [-0.39, 0.29) is 17.6 Å². The Morgan fingerprint density at radius 1 is 1.35 bits per heavy atom. The van der Waals surface area contributed by atoms with Crippen molar-refractivity contribution in [3.63, 3.8) is 0 Å². The molecule has 6 heteroatoms. The average Bonchev–Trinajstić information content (AvgIpc) is 3.23. The van der Waals surface area contributed by atoms with Crippen molar-refractivity contribution in [2.75, 3.05) is 31.7 Å². The van der Waals surface area contributed by atoms with Crippen LogP contribution < -0.4 is 4.90 Å². The Labute approximate surface area is 134 Å². The molecule has 0 spiro atoms. The fourth-order valence-electron chi connectivity index (χ4n) is 4.18. The minimum absolute atomic E-state index is 0.0294. The first-order valence-corrected chi connectivity index (χ1v) is 8.04. The van der Waals surface area contributed by atoms with E-state index in [1.165, 1.54) is 16.2 Å². The van der Waals surface area contributed by atoms with Crippen LogP contribution in [0.5, 0.6) is 0 Å². The Bertz CT molecular complexity index is 662. The van der Waals surface area contributed by atoms with Crippen LogP contribution in [-0.2, 0) is 19.7 Å². The number of para-hydroxylation sites is 1. The topological polar surface area (TPSA) is 59.1 Å². The van der Waals surface area contributed by atoms with Crippen LogP contribution in [0, 0.1) is 0 Å². The molecule has 0 aromatic heterocycles.